The number of methoxy groups -OCH3 is 1. The fourth-order valence-corrected chi connectivity index (χ4v) is 1.35. The second kappa shape index (κ2) is 4.10. The normalized spacial score (nSPS) is 12.4. The third kappa shape index (κ3) is 1.82. The lowest BCUT2D eigenvalue weighted by molar-refractivity contribution is 0.209. The number of nitrogens with one attached hydrogen (secondary N) is 1. The molecule has 5 nitrogen and oxygen atoms in total. The molecule has 2 aromatic rings. The van der Waals surface area contributed by atoms with Crippen molar-refractivity contribution in [2.75, 3.05) is 7.11 Å². The number of aromatic nitrogens is 3. The van der Waals surface area contributed by atoms with Crippen molar-refractivity contribution < 1.29 is 9.84 Å². The standard InChI is InChI=1S/C10H11N3O2/c1-15-8-3-2-4-11-9(8)10(14)7-5-12-13-6-7/h2-6,10,14H,1H3,(H,12,13). The predicted octanol–water partition coefficient (Wildman–Crippen LogP) is 0.895. The summed E-state index contributed by atoms with van der Waals surface area (Å²) in [4.78, 5) is 4.09. The summed E-state index contributed by atoms with van der Waals surface area (Å²) in [5, 5.41) is 16.4. The molecule has 2 heterocycles. The largest absolute Gasteiger partial charge is 0.495 e. The van der Waals surface area contributed by atoms with Crippen molar-refractivity contribution >= 4 is 0 Å². The van der Waals surface area contributed by atoms with Crippen molar-refractivity contribution in [1.29, 1.82) is 0 Å². The third-order valence-corrected chi connectivity index (χ3v) is 2.11. The van der Waals surface area contributed by atoms with E-state index in [0.717, 1.165) is 0 Å². The van der Waals surface area contributed by atoms with E-state index in [1.54, 1.807) is 37.8 Å². The number of hydrogen-bond donors (Lipinski definition) is 2. The molecule has 2 aromatic heterocycles. The van der Waals surface area contributed by atoms with Gasteiger partial charge in [-0.2, -0.15) is 5.10 Å². The maximum absolute atomic E-state index is 9.99. The Morgan fingerprint density at radius 3 is 3.07 bits per heavy atom. The topological polar surface area (TPSA) is 71.0 Å². The Kier molecular flexibility index (Phi) is 2.64. The van der Waals surface area contributed by atoms with Crippen molar-refractivity contribution in [2.45, 2.75) is 6.10 Å². The SMILES string of the molecule is COc1cccnc1C(O)c1cn[nH]c1. The molecule has 0 saturated carbocycles. The highest BCUT2D eigenvalue weighted by atomic mass is 16.5. The minimum atomic E-state index is -0.820. The van der Waals surface area contributed by atoms with Crippen LogP contribution in [0.15, 0.2) is 30.7 Å². The molecule has 0 bridgehead atoms. The van der Waals surface area contributed by atoms with Gasteiger partial charge in [0.25, 0.3) is 0 Å². The summed E-state index contributed by atoms with van der Waals surface area (Å²) in [6.45, 7) is 0. The lowest BCUT2D eigenvalue weighted by Crippen LogP contribution is -2.03. The van der Waals surface area contributed by atoms with E-state index in [2.05, 4.69) is 15.2 Å². The maximum atomic E-state index is 9.99. The molecule has 0 aliphatic carbocycles. The first kappa shape index (κ1) is 9.67. The summed E-state index contributed by atoms with van der Waals surface area (Å²) >= 11 is 0. The van der Waals surface area contributed by atoms with Gasteiger partial charge in [0.15, 0.2) is 0 Å². The van der Waals surface area contributed by atoms with Gasteiger partial charge in [-0.15, -0.1) is 0 Å². The van der Waals surface area contributed by atoms with Crippen molar-refractivity contribution in [2.24, 2.45) is 0 Å². The molecule has 0 saturated heterocycles. The minimum Gasteiger partial charge on any atom is -0.495 e. The highest BCUT2D eigenvalue weighted by Gasteiger charge is 2.17. The van der Waals surface area contributed by atoms with Crippen molar-refractivity contribution in [3.8, 4) is 5.75 Å². The molecular formula is C10H11N3O2. The summed E-state index contributed by atoms with van der Waals surface area (Å²) < 4.78 is 5.11. The first-order valence-electron chi connectivity index (χ1n) is 4.48. The van der Waals surface area contributed by atoms with E-state index in [0.29, 0.717) is 17.0 Å². The summed E-state index contributed by atoms with van der Waals surface area (Å²) in [6.07, 6.45) is 3.97. The predicted molar refractivity (Wildman–Crippen MR) is 53.4 cm³/mol. The van der Waals surface area contributed by atoms with Crippen LogP contribution < -0.4 is 4.74 Å². The Labute approximate surface area is 86.7 Å². The molecule has 0 aliphatic heterocycles. The van der Waals surface area contributed by atoms with E-state index < -0.39 is 6.10 Å². The Morgan fingerprint density at radius 1 is 1.53 bits per heavy atom. The van der Waals surface area contributed by atoms with Crippen LogP contribution >= 0.6 is 0 Å². The molecule has 5 heteroatoms. The fourth-order valence-electron chi connectivity index (χ4n) is 1.35. The Balaban J connectivity index is 2.37. The zero-order valence-electron chi connectivity index (χ0n) is 8.21. The maximum Gasteiger partial charge on any atom is 0.143 e. The number of ether oxygens (including phenoxy) is 1. The Morgan fingerprint density at radius 2 is 2.40 bits per heavy atom. The van der Waals surface area contributed by atoms with Crippen molar-refractivity contribution in [1.82, 2.24) is 15.2 Å². The quantitative estimate of drug-likeness (QED) is 0.780. The van der Waals surface area contributed by atoms with Crippen LogP contribution in [-0.2, 0) is 0 Å². The van der Waals surface area contributed by atoms with E-state index in [4.69, 9.17) is 4.74 Å². The lowest BCUT2D eigenvalue weighted by atomic mass is 10.1. The molecule has 0 radical (unpaired) electrons. The minimum absolute atomic E-state index is 0.487. The second-order valence-electron chi connectivity index (χ2n) is 3.03. The van der Waals surface area contributed by atoms with Gasteiger partial charge in [-0.1, -0.05) is 0 Å². The van der Waals surface area contributed by atoms with Crippen LogP contribution in [0.5, 0.6) is 5.75 Å². The van der Waals surface area contributed by atoms with Gasteiger partial charge in [0, 0.05) is 18.0 Å². The van der Waals surface area contributed by atoms with Gasteiger partial charge in [0.2, 0.25) is 0 Å². The van der Waals surface area contributed by atoms with Gasteiger partial charge in [-0.3, -0.25) is 10.1 Å². The molecule has 1 unspecified atom stereocenters. The van der Waals surface area contributed by atoms with E-state index in [1.807, 2.05) is 0 Å². The molecule has 0 amide bonds. The summed E-state index contributed by atoms with van der Waals surface area (Å²) in [7, 11) is 1.54. The third-order valence-electron chi connectivity index (χ3n) is 2.11. The van der Waals surface area contributed by atoms with Crippen LogP contribution in [0.2, 0.25) is 0 Å². The molecule has 0 spiro atoms. The van der Waals surface area contributed by atoms with Gasteiger partial charge < -0.3 is 9.84 Å². The second-order valence-corrected chi connectivity index (χ2v) is 3.03. The first-order chi connectivity index (χ1) is 7.33. The molecule has 0 fully saturated rings. The van der Waals surface area contributed by atoms with E-state index >= 15 is 0 Å². The van der Waals surface area contributed by atoms with Crippen LogP contribution in [-0.4, -0.2) is 27.4 Å². The molecule has 15 heavy (non-hydrogen) atoms. The molecule has 2 N–H and O–H groups in total. The number of rotatable bonds is 3. The number of aliphatic hydroxyl groups is 1. The average molecular weight is 205 g/mol. The monoisotopic (exact) mass is 205 g/mol. The van der Waals surface area contributed by atoms with Crippen molar-refractivity contribution in [3.05, 3.63) is 42.0 Å². The van der Waals surface area contributed by atoms with Crippen LogP contribution in [0, 0.1) is 0 Å². The van der Waals surface area contributed by atoms with E-state index in [1.165, 1.54) is 0 Å². The molecule has 2 rings (SSSR count). The van der Waals surface area contributed by atoms with Gasteiger partial charge in [-0.25, -0.2) is 0 Å². The van der Waals surface area contributed by atoms with Crippen LogP contribution in [0.25, 0.3) is 0 Å². The Hall–Kier alpha value is -1.88. The number of pyridine rings is 1. The van der Waals surface area contributed by atoms with Gasteiger partial charge >= 0.3 is 0 Å². The van der Waals surface area contributed by atoms with Gasteiger partial charge in [-0.05, 0) is 12.1 Å². The van der Waals surface area contributed by atoms with Gasteiger partial charge in [0.1, 0.15) is 17.5 Å². The highest BCUT2D eigenvalue weighted by molar-refractivity contribution is 5.33. The number of aromatic amines is 1. The summed E-state index contributed by atoms with van der Waals surface area (Å²) in [5.41, 5.74) is 1.15. The summed E-state index contributed by atoms with van der Waals surface area (Å²) in [5.74, 6) is 0.561. The first-order valence-corrected chi connectivity index (χ1v) is 4.48. The Bertz CT molecular complexity index is 428. The summed E-state index contributed by atoms with van der Waals surface area (Å²) in [6, 6.07) is 3.51. The van der Waals surface area contributed by atoms with Crippen molar-refractivity contribution in [3.63, 3.8) is 0 Å². The zero-order valence-corrected chi connectivity index (χ0v) is 8.21. The molecular weight excluding hydrogens is 194 g/mol. The van der Waals surface area contributed by atoms with Crippen LogP contribution in [0.4, 0.5) is 0 Å². The molecule has 78 valence electrons. The molecule has 0 aromatic carbocycles. The number of nitrogens with zero attached hydrogens (tertiary/aromatic N) is 2. The fraction of sp³-hybridized carbons (Fsp3) is 0.200. The van der Waals surface area contributed by atoms with Crippen LogP contribution in [0.3, 0.4) is 0 Å². The lowest BCUT2D eigenvalue weighted by Gasteiger charge is -2.11. The van der Waals surface area contributed by atoms with Crippen LogP contribution in [0.1, 0.15) is 17.4 Å². The van der Waals surface area contributed by atoms with E-state index in [-0.39, 0.29) is 0 Å². The average Bonchev–Trinajstić information content (AvgIpc) is 2.81. The van der Waals surface area contributed by atoms with Gasteiger partial charge in [0.05, 0.1) is 13.3 Å². The molecule has 1 atom stereocenters. The smallest absolute Gasteiger partial charge is 0.143 e. The number of hydrogen-bond acceptors (Lipinski definition) is 4. The highest BCUT2D eigenvalue weighted by Crippen LogP contribution is 2.26. The van der Waals surface area contributed by atoms with E-state index in [9.17, 15) is 5.11 Å². The molecule has 0 aliphatic rings. The zero-order chi connectivity index (χ0) is 10.7. The number of aliphatic hydroxyl groups excluding tert-OH is 1. The number of H-pyrrole nitrogens is 1.